The molecule has 0 bridgehead atoms. The van der Waals surface area contributed by atoms with Gasteiger partial charge >= 0.3 is 0 Å². The second-order valence-corrected chi connectivity index (χ2v) is 4.68. The molecule has 1 heterocycles. The van der Waals surface area contributed by atoms with Crippen LogP contribution >= 0.6 is 11.6 Å². The predicted molar refractivity (Wildman–Crippen MR) is 68.1 cm³/mol. The summed E-state index contributed by atoms with van der Waals surface area (Å²) in [4.78, 5) is 2.10. The highest BCUT2D eigenvalue weighted by molar-refractivity contribution is 6.31. The molecule has 1 aromatic rings. The molecule has 0 saturated carbocycles. The molecule has 0 aliphatic carbocycles. The minimum absolute atomic E-state index is 0.105. The average Bonchev–Trinajstić information content (AvgIpc) is 2.34. The minimum Gasteiger partial charge on any atom is -0.397 e. The van der Waals surface area contributed by atoms with Crippen molar-refractivity contribution < 1.29 is 9.13 Å². The molecular weight excluding hydrogens is 243 g/mol. The highest BCUT2D eigenvalue weighted by atomic mass is 35.5. The molecule has 1 saturated heterocycles. The number of hydrogen-bond acceptors (Lipinski definition) is 3. The van der Waals surface area contributed by atoms with Gasteiger partial charge in [-0.25, -0.2) is 4.39 Å². The van der Waals surface area contributed by atoms with Gasteiger partial charge in [-0.05, 0) is 18.9 Å². The Morgan fingerprint density at radius 1 is 1.53 bits per heavy atom. The lowest BCUT2D eigenvalue weighted by atomic mass is 10.1. The van der Waals surface area contributed by atoms with Gasteiger partial charge in [-0.15, -0.1) is 0 Å². The summed E-state index contributed by atoms with van der Waals surface area (Å²) in [6, 6.07) is 2.86. The molecule has 1 aliphatic rings. The molecule has 2 rings (SSSR count). The molecule has 0 radical (unpaired) electrons. The van der Waals surface area contributed by atoms with Crippen LogP contribution in [0.2, 0.25) is 5.02 Å². The van der Waals surface area contributed by atoms with Gasteiger partial charge in [0.2, 0.25) is 0 Å². The average molecular weight is 259 g/mol. The van der Waals surface area contributed by atoms with Gasteiger partial charge in [0, 0.05) is 26.3 Å². The second kappa shape index (κ2) is 5.10. The molecule has 0 amide bonds. The Bertz CT molecular complexity index is 414. The minimum atomic E-state index is -0.479. The normalized spacial score (nSPS) is 20.6. The molecule has 0 spiro atoms. The molecule has 1 fully saturated rings. The van der Waals surface area contributed by atoms with Crippen LogP contribution in [0.3, 0.4) is 0 Å². The molecule has 2 N–H and O–H groups in total. The summed E-state index contributed by atoms with van der Waals surface area (Å²) in [5.41, 5.74) is 7.04. The zero-order valence-electron chi connectivity index (χ0n) is 9.75. The number of nitrogens with two attached hydrogens (primary N) is 1. The number of nitrogen functional groups attached to an aromatic ring is 1. The number of rotatable bonds is 2. The number of methoxy groups -OCH3 is 1. The predicted octanol–water partition coefficient (Wildman–Crippen LogP) is 2.68. The van der Waals surface area contributed by atoms with Gasteiger partial charge in [-0.3, -0.25) is 0 Å². The second-order valence-electron chi connectivity index (χ2n) is 4.27. The SMILES string of the molecule is COC1CCCN(c2cc(Cl)c(F)cc2N)C1. The van der Waals surface area contributed by atoms with Gasteiger partial charge in [0.05, 0.1) is 22.5 Å². The first-order chi connectivity index (χ1) is 8.11. The first-order valence-electron chi connectivity index (χ1n) is 5.64. The fraction of sp³-hybridized carbons (Fsp3) is 0.500. The van der Waals surface area contributed by atoms with Gasteiger partial charge in [-0.1, -0.05) is 11.6 Å². The Labute approximate surface area is 105 Å². The third kappa shape index (κ3) is 2.64. The van der Waals surface area contributed by atoms with Crippen molar-refractivity contribution in [2.45, 2.75) is 18.9 Å². The Morgan fingerprint density at radius 2 is 2.29 bits per heavy atom. The number of ether oxygens (including phenoxy) is 1. The van der Waals surface area contributed by atoms with Crippen molar-refractivity contribution >= 4 is 23.0 Å². The molecule has 1 unspecified atom stereocenters. The highest BCUT2D eigenvalue weighted by Crippen LogP contribution is 2.31. The number of benzene rings is 1. The number of anilines is 2. The largest absolute Gasteiger partial charge is 0.397 e. The molecule has 1 aliphatic heterocycles. The summed E-state index contributed by atoms with van der Waals surface area (Å²) in [6.07, 6.45) is 2.28. The molecule has 5 heteroatoms. The summed E-state index contributed by atoms with van der Waals surface area (Å²) in [6.45, 7) is 1.66. The first-order valence-corrected chi connectivity index (χ1v) is 6.02. The van der Waals surface area contributed by atoms with E-state index in [0.29, 0.717) is 5.69 Å². The lowest BCUT2D eigenvalue weighted by molar-refractivity contribution is 0.0894. The van der Waals surface area contributed by atoms with Gasteiger partial charge in [-0.2, -0.15) is 0 Å². The van der Waals surface area contributed by atoms with Crippen molar-refractivity contribution in [3.8, 4) is 0 Å². The molecular formula is C12H16ClFN2O. The molecule has 1 aromatic carbocycles. The van der Waals surface area contributed by atoms with Crippen LogP contribution in [0.15, 0.2) is 12.1 Å². The quantitative estimate of drug-likeness (QED) is 0.829. The van der Waals surface area contributed by atoms with Crippen LogP contribution in [-0.4, -0.2) is 26.3 Å². The number of piperidine rings is 1. The van der Waals surface area contributed by atoms with Crippen molar-refractivity contribution in [3.05, 3.63) is 23.0 Å². The van der Waals surface area contributed by atoms with Crippen molar-refractivity contribution in [2.24, 2.45) is 0 Å². The van der Waals surface area contributed by atoms with Crippen LogP contribution < -0.4 is 10.6 Å². The Balaban J connectivity index is 2.24. The van der Waals surface area contributed by atoms with Crippen molar-refractivity contribution in [1.82, 2.24) is 0 Å². The summed E-state index contributed by atoms with van der Waals surface area (Å²) in [5, 5.41) is 0.105. The van der Waals surface area contributed by atoms with E-state index in [-0.39, 0.29) is 11.1 Å². The van der Waals surface area contributed by atoms with E-state index in [0.717, 1.165) is 31.6 Å². The van der Waals surface area contributed by atoms with Crippen molar-refractivity contribution in [1.29, 1.82) is 0 Å². The van der Waals surface area contributed by atoms with Crippen LogP contribution in [0.5, 0.6) is 0 Å². The zero-order chi connectivity index (χ0) is 12.4. The monoisotopic (exact) mass is 258 g/mol. The summed E-state index contributed by atoms with van der Waals surface area (Å²) in [5.74, 6) is -0.479. The maximum absolute atomic E-state index is 13.2. The summed E-state index contributed by atoms with van der Waals surface area (Å²) >= 11 is 5.79. The van der Waals surface area contributed by atoms with Crippen molar-refractivity contribution in [2.75, 3.05) is 30.8 Å². The fourth-order valence-electron chi connectivity index (χ4n) is 2.17. The standard InChI is InChI=1S/C12H16ClFN2O/c1-17-8-3-2-4-16(7-8)12-5-9(13)10(14)6-11(12)15/h5-6,8H,2-4,7,15H2,1H3. The Morgan fingerprint density at radius 3 is 3.00 bits per heavy atom. The van der Waals surface area contributed by atoms with E-state index >= 15 is 0 Å². The Hall–Kier alpha value is -1.00. The Kier molecular flexibility index (Phi) is 3.74. The summed E-state index contributed by atoms with van der Waals surface area (Å²) in [7, 11) is 1.70. The molecule has 94 valence electrons. The molecule has 3 nitrogen and oxygen atoms in total. The first kappa shape index (κ1) is 12.5. The van der Waals surface area contributed by atoms with E-state index in [1.165, 1.54) is 6.07 Å². The lowest BCUT2D eigenvalue weighted by Gasteiger charge is -2.34. The smallest absolute Gasteiger partial charge is 0.143 e. The topological polar surface area (TPSA) is 38.5 Å². The van der Waals surface area contributed by atoms with E-state index in [1.54, 1.807) is 13.2 Å². The maximum Gasteiger partial charge on any atom is 0.143 e. The lowest BCUT2D eigenvalue weighted by Crippen LogP contribution is -2.39. The fourth-order valence-corrected chi connectivity index (χ4v) is 2.33. The van der Waals surface area contributed by atoms with E-state index < -0.39 is 5.82 Å². The number of halogens is 2. The number of nitrogens with zero attached hydrogens (tertiary/aromatic N) is 1. The van der Waals surface area contributed by atoms with Crippen LogP contribution in [0, 0.1) is 5.82 Å². The van der Waals surface area contributed by atoms with Crippen LogP contribution in [0.1, 0.15) is 12.8 Å². The highest BCUT2D eigenvalue weighted by Gasteiger charge is 2.21. The zero-order valence-corrected chi connectivity index (χ0v) is 10.5. The van der Waals surface area contributed by atoms with E-state index in [2.05, 4.69) is 4.90 Å². The van der Waals surface area contributed by atoms with Gasteiger partial charge in [0.15, 0.2) is 0 Å². The molecule has 0 aromatic heterocycles. The summed E-state index contributed by atoms with van der Waals surface area (Å²) < 4.78 is 18.6. The van der Waals surface area contributed by atoms with Crippen molar-refractivity contribution in [3.63, 3.8) is 0 Å². The van der Waals surface area contributed by atoms with E-state index in [4.69, 9.17) is 22.1 Å². The third-order valence-electron chi connectivity index (χ3n) is 3.12. The van der Waals surface area contributed by atoms with Crippen LogP contribution in [0.4, 0.5) is 15.8 Å². The van der Waals surface area contributed by atoms with Crippen LogP contribution in [-0.2, 0) is 4.74 Å². The van der Waals surface area contributed by atoms with E-state index in [9.17, 15) is 4.39 Å². The molecule has 1 atom stereocenters. The van der Waals surface area contributed by atoms with Gasteiger partial charge in [0.1, 0.15) is 5.82 Å². The molecule has 17 heavy (non-hydrogen) atoms. The maximum atomic E-state index is 13.2. The number of hydrogen-bond donors (Lipinski definition) is 1. The van der Waals surface area contributed by atoms with Crippen LogP contribution in [0.25, 0.3) is 0 Å². The van der Waals surface area contributed by atoms with Gasteiger partial charge < -0.3 is 15.4 Å². The third-order valence-corrected chi connectivity index (χ3v) is 3.41. The van der Waals surface area contributed by atoms with Gasteiger partial charge in [0.25, 0.3) is 0 Å². The van der Waals surface area contributed by atoms with E-state index in [1.807, 2.05) is 0 Å².